The van der Waals surface area contributed by atoms with Crippen molar-refractivity contribution < 1.29 is 36.9 Å². The third-order valence-electron chi connectivity index (χ3n) is 7.91. The molecule has 1 atom stereocenters. The van der Waals surface area contributed by atoms with Crippen molar-refractivity contribution >= 4 is 17.1 Å². The van der Waals surface area contributed by atoms with Crippen LogP contribution in [0.5, 0.6) is 5.88 Å². The molecule has 1 aliphatic heterocycles. The first kappa shape index (κ1) is 30.7. The van der Waals surface area contributed by atoms with Gasteiger partial charge in [0.1, 0.15) is 35.4 Å². The fourth-order valence-corrected chi connectivity index (χ4v) is 5.42. The summed E-state index contributed by atoms with van der Waals surface area (Å²) in [6.45, 7) is 4.24. The number of imidazole rings is 1. The number of halogens is 4. The molecule has 0 radical (unpaired) electrons. The van der Waals surface area contributed by atoms with Crippen molar-refractivity contribution in [1.82, 2.24) is 19.5 Å². The van der Waals surface area contributed by atoms with Gasteiger partial charge in [0.25, 0.3) is 5.88 Å². The second-order valence-electron chi connectivity index (χ2n) is 11.6. The second kappa shape index (κ2) is 11.9. The van der Waals surface area contributed by atoms with Crippen LogP contribution in [0.1, 0.15) is 52.9 Å². The van der Waals surface area contributed by atoms with Gasteiger partial charge in [0.05, 0.1) is 36.6 Å². The van der Waals surface area contributed by atoms with Crippen molar-refractivity contribution in [2.24, 2.45) is 5.41 Å². The van der Waals surface area contributed by atoms with Gasteiger partial charge in [0, 0.05) is 23.0 Å². The minimum Gasteiger partial charge on any atom is -0.477 e. The van der Waals surface area contributed by atoms with Crippen LogP contribution in [0.2, 0.25) is 0 Å². The van der Waals surface area contributed by atoms with E-state index in [1.54, 1.807) is 4.57 Å². The number of rotatable bonds is 8. The van der Waals surface area contributed by atoms with Gasteiger partial charge in [-0.15, -0.1) is 0 Å². The van der Waals surface area contributed by atoms with Crippen LogP contribution in [0.3, 0.4) is 0 Å². The summed E-state index contributed by atoms with van der Waals surface area (Å²) in [4.78, 5) is 24.5. The van der Waals surface area contributed by atoms with Crippen LogP contribution in [-0.4, -0.2) is 43.8 Å². The van der Waals surface area contributed by atoms with Gasteiger partial charge in [0.15, 0.2) is 17.2 Å². The average Bonchev–Trinajstić information content (AvgIpc) is 3.55. The summed E-state index contributed by atoms with van der Waals surface area (Å²) in [5.74, 6) is -4.69. The molecule has 13 heteroatoms. The molecule has 4 heterocycles. The zero-order chi connectivity index (χ0) is 32.7. The van der Waals surface area contributed by atoms with E-state index in [0.29, 0.717) is 30.2 Å². The molecule has 2 aromatic carbocycles. The summed E-state index contributed by atoms with van der Waals surface area (Å²) >= 11 is 0. The van der Waals surface area contributed by atoms with E-state index in [4.69, 9.17) is 14.7 Å². The average molecular weight is 632 g/mol. The molecule has 46 heavy (non-hydrogen) atoms. The molecule has 1 N–H and O–H groups in total. The Bertz CT molecular complexity index is 2060. The van der Waals surface area contributed by atoms with E-state index in [0.717, 1.165) is 30.3 Å². The Morgan fingerprint density at radius 3 is 2.48 bits per heavy atom. The fraction of sp³-hybridized carbons (Fsp3) is 0.242. The van der Waals surface area contributed by atoms with E-state index in [1.807, 2.05) is 19.9 Å². The summed E-state index contributed by atoms with van der Waals surface area (Å²) in [5.41, 5.74) is -0.171. The quantitative estimate of drug-likeness (QED) is 0.196. The third kappa shape index (κ3) is 5.75. The largest absolute Gasteiger partial charge is 0.477 e. The van der Waals surface area contributed by atoms with Gasteiger partial charge in [-0.2, -0.15) is 5.26 Å². The van der Waals surface area contributed by atoms with E-state index in [2.05, 4.69) is 15.0 Å². The second-order valence-corrected chi connectivity index (χ2v) is 11.6. The van der Waals surface area contributed by atoms with Crippen LogP contribution in [0, 0.1) is 40.0 Å². The minimum atomic E-state index is -1.22. The zero-order valence-corrected chi connectivity index (χ0v) is 24.5. The molecule has 0 aliphatic carbocycles. The Hall–Kier alpha value is -5.35. The van der Waals surface area contributed by atoms with Crippen LogP contribution in [-0.2, 0) is 17.8 Å². The number of carboxylic acids is 1. The lowest BCUT2D eigenvalue weighted by Crippen LogP contribution is -2.27. The fourth-order valence-electron chi connectivity index (χ4n) is 5.42. The molecule has 6 rings (SSSR count). The maximum absolute atomic E-state index is 15.6. The summed E-state index contributed by atoms with van der Waals surface area (Å²) in [7, 11) is 0. The molecule has 1 unspecified atom stereocenters. The van der Waals surface area contributed by atoms with Gasteiger partial charge < -0.3 is 19.1 Å². The first-order valence-electron chi connectivity index (χ1n) is 14.1. The number of nitrogens with zero attached hydrogens (tertiary/aromatic N) is 5. The van der Waals surface area contributed by atoms with E-state index in [-0.39, 0.29) is 46.1 Å². The number of pyridine rings is 2. The van der Waals surface area contributed by atoms with Crippen LogP contribution >= 0.6 is 0 Å². The predicted octanol–water partition coefficient (Wildman–Crippen LogP) is 6.39. The Kier molecular flexibility index (Phi) is 7.91. The van der Waals surface area contributed by atoms with Crippen molar-refractivity contribution in [1.29, 1.82) is 5.26 Å². The van der Waals surface area contributed by atoms with Crippen LogP contribution in [0.4, 0.5) is 17.6 Å². The molecule has 0 spiro atoms. The first-order chi connectivity index (χ1) is 21.9. The van der Waals surface area contributed by atoms with Crippen molar-refractivity contribution in [3.8, 4) is 23.2 Å². The van der Waals surface area contributed by atoms with Gasteiger partial charge in [-0.25, -0.2) is 37.3 Å². The minimum absolute atomic E-state index is 0.0390. The van der Waals surface area contributed by atoms with Gasteiger partial charge in [-0.1, -0.05) is 19.9 Å². The molecule has 1 fully saturated rings. The topological polar surface area (TPSA) is 123 Å². The maximum Gasteiger partial charge on any atom is 0.354 e. The number of ether oxygens (including phenoxy) is 2. The van der Waals surface area contributed by atoms with E-state index in [1.165, 1.54) is 24.3 Å². The molecule has 0 amide bonds. The Morgan fingerprint density at radius 1 is 1.00 bits per heavy atom. The van der Waals surface area contributed by atoms with Crippen molar-refractivity contribution in [3.63, 3.8) is 0 Å². The van der Waals surface area contributed by atoms with Crippen LogP contribution in [0.25, 0.3) is 22.4 Å². The maximum atomic E-state index is 15.6. The number of nitriles is 1. The highest BCUT2D eigenvalue weighted by Gasteiger charge is 2.39. The number of carboxylic acid groups (broad SMARTS) is 1. The van der Waals surface area contributed by atoms with Gasteiger partial charge in [0.2, 0.25) is 0 Å². The summed E-state index contributed by atoms with van der Waals surface area (Å²) in [6, 6.07) is 12.1. The highest BCUT2D eigenvalue weighted by atomic mass is 19.1. The monoisotopic (exact) mass is 631 g/mol. The number of aromatic carboxylic acids is 1. The molecule has 3 aromatic heterocycles. The lowest BCUT2D eigenvalue weighted by molar-refractivity contribution is 0.0690. The lowest BCUT2D eigenvalue weighted by Gasteiger charge is -2.27. The molecule has 0 bridgehead atoms. The summed E-state index contributed by atoms with van der Waals surface area (Å²) < 4.78 is 72.8. The standard InChI is InChI=1S/C33H25F4N5O4/c1-33(2)16-45-15-28(33)42-29(39-26-7-8-27(32(43)44)40-30(26)42)11-19-10-24(37)20(12-23(19)36)25-6-5-21(34)31(41-25)46-14-18-4-3-17(13-38)9-22(18)35/h3-10,12,28H,11,14-16H2,1-2H3,(H,43,44). The number of fused-ring (bicyclic) bond motifs is 1. The number of hydrogen-bond donors (Lipinski definition) is 1. The Morgan fingerprint density at radius 2 is 1.78 bits per heavy atom. The first-order valence-corrected chi connectivity index (χ1v) is 14.1. The number of carbonyl (C=O) groups is 1. The van der Waals surface area contributed by atoms with Crippen molar-refractivity contribution in [2.45, 2.75) is 32.9 Å². The van der Waals surface area contributed by atoms with Gasteiger partial charge in [-0.3, -0.25) is 0 Å². The molecule has 5 aromatic rings. The van der Waals surface area contributed by atoms with Crippen molar-refractivity contribution in [2.75, 3.05) is 13.2 Å². The molecule has 1 saturated heterocycles. The van der Waals surface area contributed by atoms with Gasteiger partial charge >= 0.3 is 5.97 Å². The predicted molar refractivity (Wildman–Crippen MR) is 156 cm³/mol. The Balaban J connectivity index is 1.32. The van der Waals surface area contributed by atoms with E-state index in [9.17, 15) is 18.7 Å². The Labute approximate surface area is 259 Å². The third-order valence-corrected chi connectivity index (χ3v) is 7.91. The molecule has 1 aliphatic rings. The van der Waals surface area contributed by atoms with Crippen molar-refractivity contribution in [3.05, 3.63) is 106 Å². The van der Waals surface area contributed by atoms with E-state index < -0.39 is 47.1 Å². The zero-order valence-electron chi connectivity index (χ0n) is 24.5. The van der Waals surface area contributed by atoms with Crippen LogP contribution in [0.15, 0.2) is 54.6 Å². The highest BCUT2D eigenvalue weighted by Crippen LogP contribution is 2.40. The molecule has 0 saturated carbocycles. The molecular weight excluding hydrogens is 606 g/mol. The smallest absolute Gasteiger partial charge is 0.354 e. The SMILES string of the molecule is CC1(C)COCC1n1c(Cc2cc(F)c(-c3ccc(F)c(OCc4ccc(C#N)cc4F)n3)cc2F)nc2ccc(C(=O)O)nc21. The summed E-state index contributed by atoms with van der Waals surface area (Å²) in [5, 5.41) is 18.4. The van der Waals surface area contributed by atoms with E-state index >= 15 is 8.78 Å². The number of hydrogen-bond acceptors (Lipinski definition) is 7. The number of benzene rings is 2. The van der Waals surface area contributed by atoms with Gasteiger partial charge in [-0.05, 0) is 54.1 Å². The molecule has 9 nitrogen and oxygen atoms in total. The van der Waals surface area contributed by atoms with Crippen LogP contribution < -0.4 is 4.74 Å². The summed E-state index contributed by atoms with van der Waals surface area (Å²) in [6.07, 6.45) is -0.157. The highest BCUT2D eigenvalue weighted by molar-refractivity contribution is 5.88. The normalized spacial score (nSPS) is 15.6. The lowest BCUT2D eigenvalue weighted by atomic mass is 9.87. The molecule has 234 valence electrons. The molecular formula is C33H25F4N5O4. The number of aromatic nitrogens is 4.